The van der Waals surface area contributed by atoms with Crippen molar-refractivity contribution in [3.63, 3.8) is 0 Å². The highest BCUT2D eigenvalue weighted by atomic mass is 16.1. The molecule has 5 nitrogen and oxygen atoms in total. The molecule has 4 rings (SSSR count). The number of hydrogen-bond acceptors (Lipinski definition) is 4. The maximum absolute atomic E-state index is 12.7. The Labute approximate surface area is 178 Å². The fraction of sp³-hybridized carbons (Fsp3) is 0.320. The molecule has 154 valence electrons. The van der Waals surface area contributed by atoms with Gasteiger partial charge in [0.1, 0.15) is 0 Å². The summed E-state index contributed by atoms with van der Waals surface area (Å²) >= 11 is 0. The first-order valence-electron chi connectivity index (χ1n) is 10.5. The lowest BCUT2D eigenvalue weighted by Gasteiger charge is -2.32. The van der Waals surface area contributed by atoms with E-state index in [-0.39, 0.29) is 11.8 Å². The van der Waals surface area contributed by atoms with E-state index in [4.69, 9.17) is 0 Å². The standard InChI is InChI=1S/C25H28N4O/c1-17-4-7-20(8-5-17)23-10-11-24(28-27-23)29-14-12-21(13-15-29)25(30)26-22-9-6-18(2)16-19(22)3/h4-11,16,21H,12-15H2,1-3H3,(H,26,30). The van der Waals surface area contributed by atoms with Gasteiger partial charge in [0.15, 0.2) is 5.82 Å². The van der Waals surface area contributed by atoms with E-state index in [1.165, 1.54) is 11.1 Å². The minimum absolute atomic E-state index is 0.0294. The van der Waals surface area contributed by atoms with E-state index < -0.39 is 0 Å². The Morgan fingerprint density at radius 2 is 1.60 bits per heavy atom. The summed E-state index contributed by atoms with van der Waals surface area (Å²) < 4.78 is 0. The molecule has 0 spiro atoms. The van der Waals surface area contributed by atoms with Gasteiger partial charge < -0.3 is 10.2 Å². The predicted molar refractivity (Wildman–Crippen MR) is 122 cm³/mol. The van der Waals surface area contributed by atoms with Gasteiger partial charge in [-0.05, 0) is 57.4 Å². The Morgan fingerprint density at radius 3 is 2.23 bits per heavy atom. The molecule has 3 aromatic rings. The zero-order valence-corrected chi connectivity index (χ0v) is 17.9. The molecule has 2 heterocycles. The number of carbonyl (C=O) groups excluding carboxylic acids is 1. The van der Waals surface area contributed by atoms with Gasteiger partial charge in [-0.3, -0.25) is 4.79 Å². The summed E-state index contributed by atoms with van der Waals surface area (Å²) in [6.07, 6.45) is 1.64. The van der Waals surface area contributed by atoms with Crippen LogP contribution in [-0.2, 0) is 4.79 Å². The highest BCUT2D eigenvalue weighted by molar-refractivity contribution is 5.93. The number of carbonyl (C=O) groups is 1. The Morgan fingerprint density at radius 1 is 0.900 bits per heavy atom. The normalized spacial score (nSPS) is 14.6. The van der Waals surface area contributed by atoms with Crippen LogP contribution in [0.3, 0.4) is 0 Å². The van der Waals surface area contributed by atoms with E-state index in [9.17, 15) is 4.79 Å². The van der Waals surface area contributed by atoms with E-state index in [1.54, 1.807) is 0 Å². The summed E-state index contributed by atoms with van der Waals surface area (Å²) in [5.41, 5.74) is 6.39. The van der Waals surface area contributed by atoms with Gasteiger partial charge in [0, 0.05) is 30.3 Å². The Kier molecular flexibility index (Phi) is 5.79. The number of aryl methyl sites for hydroxylation is 3. The van der Waals surface area contributed by atoms with Crippen molar-refractivity contribution in [2.24, 2.45) is 5.92 Å². The van der Waals surface area contributed by atoms with Crippen molar-refractivity contribution in [2.45, 2.75) is 33.6 Å². The maximum atomic E-state index is 12.7. The van der Waals surface area contributed by atoms with E-state index in [0.29, 0.717) is 0 Å². The molecule has 0 radical (unpaired) electrons. The first-order valence-corrected chi connectivity index (χ1v) is 10.5. The van der Waals surface area contributed by atoms with Crippen LogP contribution in [-0.4, -0.2) is 29.2 Å². The second-order valence-electron chi connectivity index (χ2n) is 8.21. The number of rotatable bonds is 4. The number of nitrogens with one attached hydrogen (secondary N) is 1. The van der Waals surface area contributed by atoms with Gasteiger partial charge in [0.05, 0.1) is 5.69 Å². The molecular formula is C25H28N4O. The smallest absolute Gasteiger partial charge is 0.227 e. The third-order valence-electron chi connectivity index (χ3n) is 5.83. The Bertz CT molecular complexity index is 1020. The number of anilines is 2. The molecule has 1 fully saturated rings. The maximum Gasteiger partial charge on any atom is 0.227 e. The fourth-order valence-corrected chi connectivity index (χ4v) is 3.93. The number of amides is 1. The molecule has 30 heavy (non-hydrogen) atoms. The number of aromatic nitrogens is 2. The first-order chi connectivity index (χ1) is 14.5. The molecule has 0 saturated carbocycles. The monoisotopic (exact) mass is 400 g/mol. The second-order valence-corrected chi connectivity index (χ2v) is 8.21. The molecule has 1 aliphatic rings. The van der Waals surface area contributed by atoms with Crippen LogP contribution in [0.5, 0.6) is 0 Å². The van der Waals surface area contributed by atoms with Crippen molar-refractivity contribution in [3.05, 3.63) is 71.3 Å². The van der Waals surface area contributed by atoms with Crippen LogP contribution in [0.25, 0.3) is 11.3 Å². The SMILES string of the molecule is Cc1ccc(-c2ccc(N3CCC(C(=O)Nc4ccc(C)cc4C)CC3)nn2)cc1. The summed E-state index contributed by atoms with van der Waals surface area (Å²) in [5.74, 6) is 1.02. The fourth-order valence-electron chi connectivity index (χ4n) is 3.93. The summed E-state index contributed by atoms with van der Waals surface area (Å²) in [7, 11) is 0. The third-order valence-corrected chi connectivity index (χ3v) is 5.83. The summed E-state index contributed by atoms with van der Waals surface area (Å²) in [6.45, 7) is 7.78. The zero-order valence-electron chi connectivity index (χ0n) is 17.9. The van der Waals surface area contributed by atoms with Crippen LogP contribution in [0.4, 0.5) is 11.5 Å². The molecule has 0 unspecified atom stereocenters. The van der Waals surface area contributed by atoms with Gasteiger partial charge in [-0.2, -0.15) is 0 Å². The number of hydrogen-bond donors (Lipinski definition) is 1. The molecular weight excluding hydrogens is 372 g/mol. The lowest BCUT2D eigenvalue weighted by Crippen LogP contribution is -2.38. The highest BCUT2D eigenvalue weighted by Crippen LogP contribution is 2.25. The molecule has 1 aliphatic heterocycles. The van der Waals surface area contributed by atoms with Crippen molar-refractivity contribution in [3.8, 4) is 11.3 Å². The molecule has 0 bridgehead atoms. The summed E-state index contributed by atoms with van der Waals surface area (Å²) in [6, 6.07) is 18.5. The third kappa shape index (κ3) is 4.51. The van der Waals surface area contributed by atoms with Crippen LogP contribution in [0, 0.1) is 26.7 Å². The second kappa shape index (κ2) is 8.66. The van der Waals surface area contributed by atoms with Crippen LogP contribution < -0.4 is 10.2 Å². The topological polar surface area (TPSA) is 58.1 Å². The Balaban J connectivity index is 1.34. The highest BCUT2D eigenvalue weighted by Gasteiger charge is 2.26. The van der Waals surface area contributed by atoms with E-state index >= 15 is 0 Å². The summed E-state index contributed by atoms with van der Waals surface area (Å²) in [4.78, 5) is 14.9. The van der Waals surface area contributed by atoms with Gasteiger partial charge in [-0.15, -0.1) is 10.2 Å². The Hall–Kier alpha value is -3.21. The minimum atomic E-state index is 0.0294. The van der Waals surface area contributed by atoms with E-state index in [2.05, 4.69) is 64.6 Å². The minimum Gasteiger partial charge on any atom is -0.355 e. The molecule has 2 aromatic carbocycles. The largest absolute Gasteiger partial charge is 0.355 e. The van der Waals surface area contributed by atoms with Crippen LogP contribution in [0.15, 0.2) is 54.6 Å². The molecule has 0 atom stereocenters. The molecule has 1 aromatic heterocycles. The van der Waals surface area contributed by atoms with Crippen molar-refractivity contribution in [1.82, 2.24) is 10.2 Å². The molecule has 1 saturated heterocycles. The van der Waals surface area contributed by atoms with Crippen LogP contribution >= 0.6 is 0 Å². The zero-order chi connectivity index (χ0) is 21.1. The van der Waals surface area contributed by atoms with E-state index in [0.717, 1.165) is 54.3 Å². The summed E-state index contributed by atoms with van der Waals surface area (Å²) in [5, 5.41) is 11.9. The lowest BCUT2D eigenvalue weighted by molar-refractivity contribution is -0.120. The first kappa shape index (κ1) is 20.1. The molecule has 5 heteroatoms. The predicted octanol–water partition coefficient (Wildman–Crippen LogP) is 4.92. The van der Waals surface area contributed by atoms with Crippen LogP contribution in [0.2, 0.25) is 0 Å². The lowest BCUT2D eigenvalue weighted by atomic mass is 9.95. The van der Waals surface area contributed by atoms with Gasteiger partial charge >= 0.3 is 0 Å². The van der Waals surface area contributed by atoms with Crippen molar-refractivity contribution >= 4 is 17.4 Å². The van der Waals surface area contributed by atoms with Crippen LogP contribution in [0.1, 0.15) is 29.5 Å². The van der Waals surface area contributed by atoms with Crippen molar-refractivity contribution < 1.29 is 4.79 Å². The number of nitrogens with zero attached hydrogens (tertiary/aromatic N) is 3. The van der Waals surface area contributed by atoms with E-state index in [1.807, 2.05) is 31.2 Å². The van der Waals surface area contributed by atoms with Gasteiger partial charge in [-0.25, -0.2) is 0 Å². The van der Waals surface area contributed by atoms with Gasteiger partial charge in [0.25, 0.3) is 0 Å². The van der Waals surface area contributed by atoms with Crippen molar-refractivity contribution in [1.29, 1.82) is 0 Å². The number of benzene rings is 2. The number of piperidine rings is 1. The molecule has 1 N–H and O–H groups in total. The van der Waals surface area contributed by atoms with Gasteiger partial charge in [-0.1, -0.05) is 47.5 Å². The quantitative estimate of drug-likeness (QED) is 0.675. The average Bonchev–Trinajstić information content (AvgIpc) is 2.76. The van der Waals surface area contributed by atoms with Gasteiger partial charge in [0.2, 0.25) is 5.91 Å². The van der Waals surface area contributed by atoms with Crippen molar-refractivity contribution in [2.75, 3.05) is 23.3 Å². The molecule has 0 aliphatic carbocycles. The molecule has 1 amide bonds. The average molecular weight is 401 g/mol.